The third-order valence-electron chi connectivity index (χ3n) is 3.79. The molecule has 1 N–H and O–H groups in total. The summed E-state index contributed by atoms with van der Waals surface area (Å²) < 4.78 is 0. The van der Waals surface area contributed by atoms with Crippen molar-refractivity contribution in [2.24, 2.45) is 5.92 Å². The third-order valence-corrected chi connectivity index (χ3v) is 4.76. The van der Waals surface area contributed by atoms with Crippen LogP contribution in [0.5, 0.6) is 0 Å². The highest BCUT2D eigenvalue weighted by atomic mass is 32.1. The van der Waals surface area contributed by atoms with Gasteiger partial charge >= 0.3 is 0 Å². The fourth-order valence-corrected chi connectivity index (χ4v) is 3.25. The number of rotatable bonds is 3. The number of hydrogen-bond acceptors (Lipinski definition) is 4. The largest absolute Gasteiger partial charge is 0.307 e. The first-order valence-electron chi connectivity index (χ1n) is 6.41. The Morgan fingerprint density at radius 3 is 2.94 bits per heavy atom. The average molecular weight is 253 g/mol. The van der Waals surface area contributed by atoms with Crippen LogP contribution in [0.2, 0.25) is 0 Å². The smallest absolute Gasteiger partial charge is 0.107 e. The van der Waals surface area contributed by atoms with Gasteiger partial charge in [-0.3, -0.25) is 0 Å². The zero-order chi connectivity index (χ0) is 12.4. The molecule has 4 heteroatoms. The van der Waals surface area contributed by atoms with E-state index in [2.05, 4.69) is 48.4 Å². The quantitative estimate of drug-likeness (QED) is 0.895. The molecule has 17 heavy (non-hydrogen) atoms. The van der Waals surface area contributed by atoms with E-state index in [9.17, 15) is 0 Å². The number of nitrogens with one attached hydrogen (secondary N) is 1. The molecule has 96 valence electrons. The van der Waals surface area contributed by atoms with Gasteiger partial charge in [0, 0.05) is 36.2 Å². The molecule has 1 aromatic rings. The summed E-state index contributed by atoms with van der Waals surface area (Å²) in [5.41, 5.74) is 1.14. The Morgan fingerprint density at radius 2 is 2.29 bits per heavy atom. The summed E-state index contributed by atoms with van der Waals surface area (Å²) in [5, 5.41) is 7.01. The van der Waals surface area contributed by atoms with E-state index in [4.69, 9.17) is 0 Å². The second-order valence-electron chi connectivity index (χ2n) is 5.37. The van der Waals surface area contributed by atoms with Crippen LogP contribution in [0, 0.1) is 12.8 Å². The normalized spacial score (nSPS) is 30.7. The van der Waals surface area contributed by atoms with Gasteiger partial charge in [-0.15, -0.1) is 11.3 Å². The molecule has 1 aliphatic rings. The van der Waals surface area contributed by atoms with Crippen molar-refractivity contribution >= 4 is 11.3 Å². The van der Waals surface area contributed by atoms with Crippen LogP contribution >= 0.6 is 11.3 Å². The molecule has 0 spiro atoms. The molecule has 0 bridgehead atoms. The van der Waals surface area contributed by atoms with Gasteiger partial charge < -0.3 is 10.2 Å². The third kappa shape index (κ3) is 3.27. The Bertz CT molecular complexity index is 363. The molecule has 0 radical (unpaired) electrons. The van der Waals surface area contributed by atoms with E-state index >= 15 is 0 Å². The first-order chi connectivity index (χ1) is 8.06. The molecule has 1 aliphatic heterocycles. The maximum atomic E-state index is 4.50. The molecule has 1 fully saturated rings. The van der Waals surface area contributed by atoms with Crippen molar-refractivity contribution in [3.05, 3.63) is 16.1 Å². The SMILES string of the molecule is Cc1csc(CNC2CC(C)N(C)CC2C)n1. The van der Waals surface area contributed by atoms with Gasteiger partial charge in [0.1, 0.15) is 5.01 Å². The van der Waals surface area contributed by atoms with E-state index < -0.39 is 0 Å². The van der Waals surface area contributed by atoms with Crippen molar-refractivity contribution in [2.45, 2.75) is 45.8 Å². The first-order valence-corrected chi connectivity index (χ1v) is 7.29. The molecule has 1 saturated heterocycles. The van der Waals surface area contributed by atoms with Crippen LogP contribution < -0.4 is 5.32 Å². The number of aromatic nitrogens is 1. The lowest BCUT2D eigenvalue weighted by atomic mass is 9.90. The highest BCUT2D eigenvalue weighted by Crippen LogP contribution is 2.21. The highest BCUT2D eigenvalue weighted by Gasteiger charge is 2.28. The van der Waals surface area contributed by atoms with Crippen molar-refractivity contribution in [1.29, 1.82) is 0 Å². The van der Waals surface area contributed by atoms with E-state index in [0.717, 1.165) is 18.2 Å². The Labute approximate surface area is 108 Å². The van der Waals surface area contributed by atoms with E-state index in [1.54, 1.807) is 11.3 Å². The molecule has 1 aromatic heterocycles. The Balaban J connectivity index is 1.86. The van der Waals surface area contributed by atoms with Gasteiger partial charge in [-0.1, -0.05) is 6.92 Å². The maximum Gasteiger partial charge on any atom is 0.107 e. The Morgan fingerprint density at radius 1 is 1.53 bits per heavy atom. The predicted octanol–water partition coefficient (Wildman–Crippen LogP) is 2.27. The van der Waals surface area contributed by atoms with Crippen LogP contribution in [0.1, 0.15) is 31.0 Å². The van der Waals surface area contributed by atoms with Gasteiger partial charge in [0.25, 0.3) is 0 Å². The van der Waals surface area contributed by atoms with E-state index in [1.807, 2.05) is 0 Å². The number of hydrogen-bond donors (Lipinski definition) is 1. The standard InChI is InChI=1S/C13H23N3S/c1-9-7-16(4)11(3)5-12(9)14-6-13-15-10(2)8-17-13/h8-9,11-12,14H,5-7H2,1-4H3. The first kappa shape index (κ1) is 13.0. The van der Waals surface area contributed by atoms with Gasteiger partial charge in [-0.2, -0.15) is 0 Å². The lowest BCUT2D eigenvalue weighted by Crippen LogP contribution is -2.50. The van der Waals surface area contributed by atoms with Gasteiger partial charge in [-0.25, -0.2) is 4.98 Å². The molecule has 3 unspecified atom stereocenters. The monoisotopic (exact) mass is 253 g/mol. The summed E-state index contributed by atoms with van der Waals surface area (Å²) in [6.45, 7) is 8.82. The summed E-state index contributed by atoms with van der Waals surface area (Å²) in [4.78, 5) is 6.95. The molecule has 3 nitrogen and oxygen atoms in total. The zero-order valence-corrected chi connectivity index (χ0v) is 12.0. The molecule has 2 heterocycles. The van der Waals surface area contributed by atoms with Crippen molar-refractivity contribution in [3.8, 4) is 0 Å². The van der Waals surface area contributed by atoms with Gasteiger partial charge in [0.2, 0.25) is 0 Å². The van der Waals surface area contributed by atoms with Crippen LogP contribution in [0.4, 0.5) is 0 Å². The molecule has 0 saturated carbocycles. The van der Waals surface area contributed by atoms with Crippen molar-refractivity contribution < 1.29 is 0 Å². The van der Waals surface area contributed by atoms with Crippen LogP contribution in [-0.4, -0.2) is 35.6 Å². The molecule has 0 aliphatic carbocycles. The highest BCUT2D eigenvalue weighted by molar-refractivity contribution is 7.09. The van der Waals surface area contributed by atoms with Gasteiger partial charge in [0.15, 0.2) is 0 Å². The van der Waals surface area contributed by atoms with Crippen LogP contribution in [0.15, 0.2) is 5.38 Å². The lowest BCUT2D eigenvalue weighted by Gasteiger charge is -2.40. The second kappa shape index (κ2) is 5.46. The number of aryl methyl sites for hydroxylation is 1. The fourth-order valence-electron chi connectivity index (χ4n) is 2.53. The summed E-state index contributed by atoms with van der Waals surface area (Å²) in [5.74, 6) is 0.720. The van der Waals surface area contributed by atoms with Gasteiger partial charge in [-0.05, 0) is 33.2 Å². The van der Waals surface area contributed by atoms with E-state index in [1.165, 1.54) is 18.0 Å². The maximum absolute atomic E-state index is 4.50. The second-order valence-corrected chi connectivity index (χ2v) is 6.31. The predicted molar refractivity (Wildman–Crippen MR) is 73.4 cm³/mol. The number of likely N-dealkylation sites (tertiary alicyclic amines) is 1. The number of nitrogens with zero attached hydrogens (tertiary/aromatic N) is 2. The minimum atomic E-state index is 0.630. The van der Waals surface area contributed by atoms with E-state index in [0.29, 0.717) is 12.1 Å². The summed E-state index contributed by atoms with van der Waals surface area (Å²) in [6, 6.07) is 1.31. The zero-order valence-electron chi connectivity index (χ0n) is 11.2. The van der Waals surface area contributed by atoms with Crippen molar-refractivity contribution in [3.63, 3.8) is 0 Å². The molecular formula is C13H23N3S. The van der Waals surface area contributed by atoms with Crippen molar-refractivity contribution in [1.82, 2.24) is 15.2 Å². The average Bonchev–Trinajstić information content (AvgIpc) is 2.68. The number of thiazole rings is 1. The Kier molecular flexibility index (Phi) is 4.17. The van der Waals surface area contributed by atoms with Crippen molar-refractivity contribution in [2.75, 3.05) is 13.6 Å². The lowest BCUT2D eigenvalue weighted by molar-refractivity contribution is 0.121. The molecule has 0 aromatic carbocycles. The summed E-state index contributed by atoms with van der Waals surface area (Å²) in [7, 11) is 2.22. The Hall–Kier alpha value is -0.450. The molecular weight excluding hydrogens is 230 g/mol. The fraction of sp³-hybridized carbons (Fsp3) is 0.769. The van der Waals surface area contributed by atoms with Crippen LogP contribution in [0.25, 0.3) is 0 Å². The van der Waals surface area contributed by atoms with Crippen LogP contribution in [-0.2, 0) is 6.54 Å². The molecule has 0 amide bonds. The molecule has 2 rings (SSSR count). The summed E-state index contributed by atoms with van der Waals surface area (Å²) >= 11 is 1.76. The molecule has 3 atom stereocenters. The minimum Gasteiger partial charge on any atom is -0.307 e. The van der Waals surface area contributed by atoms with Gasteiger partial charge in [0.05, 0.1) is 0 Å². The minimum absolute atomic E-state index is 0.630. The van der Waals surface area contributed by atoms with E-state index in [-0.39, 0.29) is 0 Å². The summed E-state index contributed by atoms with van der Waals surface area (Å²) in [6.07, 6.45) is 1.24. The van der Waals surface area contributed by atoms with Crippen LogP contribution in [0.3, 0.4) is 0 Å². The topological polar surface area (TPSA) is 28.2 Å². The number of piperidine rings is 1.